The van der Waals surface area contributed by atoms with E-state index < -0.39 is 41.6 Å². The predicted octanol–water partition coefficient (Wildman–Crippen LogP) is 0.745. The van der Waals surface area contributed by atoms with Crippen molar-refractivity contribution in [3.8, 4) is 11.5 Å². The lowest BCUT2D eigenvalue weighted by atomic mass is 9.81. The molecular weight excluding hydrogens is 332 g/mol. The van der Waals surface area contributed by atoms with Crippen molar-refractivity contribution in [2.75, 3.05) is 7.11 Å². The molecule has 0 fully saturated rings. The van der Waals surface area contributed by atoms with Crippen LogP contribution in [0.1, 0.15) is 34.6 Å². The number of aliphatic hydroxyl groups is 1. The summed E-state index contributed by atoms with van der Waals surface area (Å²) in [6.07, 6.45) is -3.57. The van der Waals surface area contributed by atoms with Gasteiger partial charge >= 0.3 is 5.97 Å². The molecular formula is C17H16O8. The van der Waals surface area contributed by atoms with Gasteiger partial charge in [0.25, 0.3) is 0 Å². The summed E-state index contributed by atoms with van der Waals surface area (Å²) < 4.78 is 15.5. The van der Waals surface area contributed by atoms with E-state index in [0.717, 1.165) is 6.92 Å². The van der Waals surface area contributed by atoms with E-state index in [4.69, 9.17) is 14.2 Å². The van der Waals surface area contributed by atoms with Crippen LogP contribution in [-0.2, 0) is 14.3 Å². The van der Waals surface area contributed by atoms with E-state index in [-0.39, 0.29) is 28.2 Å². The number of esters is 1. The first-order chi connectivity index (χ1) is 11.8. The van der Waals surface area contributed by atoms with Gasteiger partial charge in [-0.25, -0.2) is 0 Å². The number of benzene rings is 1. The van der Waals surface area contributed by atoms with Gasteiger partial charge in [0.1, 0.15) is 23.7 Å². The average molecular weight is 348 g/mol. The molecule has 0 saturated heterocycles. The number of Topliss-reactive ketones (excluding diaryl/α,β-unsaturated/α-hetero) is 2. The van der Waals surface area contributed by atoms with Crippen LogP contribution in [0.4, 0.5) is 0 Å². The van der Waals surface area contributed by atoms with Gasteiger partial charge in [-0.15, -0.1) is 0 Å². The number of phenols is 1. The highest BCUT2D eigenvalue weighted by Gasteiger charge is 2.48. The molecule has 25 heavy (non-hydrogen) atoms. The second kappa shape index (κ2) is 5.89. The Labute approximate surface area is 142 Å². The number of carbonyl (C=O) groups excluding carboxylic acids is 3. The molecule has 8 heteroatoms. The maximum Gasteiger partial charge on any atom is 0.303 e. The number of carbonyl (C=O) groups is 3. The summed E-state index contributed by atoms with van der Waals surface area (Å²) in [4.78, 5) is 37.0. The Morgan fingerprint density at radius 1 is 1.24 bits per heavy atom. The Balaban J connectivity index is 2.21. The first-order valence-corrected chi connectivity index (χ1v) is 7.52. The molecule has 3 unspecified atom stereocenters. The molecule has 2 N–H and O–H groups in total. The summed E-state index contributed by atoms with van der Waals surface area (Å²) >= 11 is 0. The Morgan fingerprint density at radius 2 is 1.92 bits per heavy atom. The number of fused-ring (bicyclic) bond motifs is 1. The topological polar surface area (TPSA) is 119 Å². The lowest BCUT2D eigenvalue weighted by molar-refractivity contribution is -0.156. The highest BCUT2D eigenvalue weighted by molar-refractivity contribution is 6.28. The van der Waals surface area contributed by atoms with Gasteiger partial charge < -0.3 is 24.4 Å². The maximum atomic E-state index is 12.9. The number of aliphatic hydroxyl groups excluding tert-OH is 1. The summed E-state index contributed by atoms with van der Waals surface area (Å²) in [6, 6.07) is 2.51. The molecule has 0 aromatic heterocycles. The zero-order valence-corrected chi connectivity index (χ0v) is 13.7. The molecule has 1 aromatic carbocycles. The molecule has 0 amide bonds. The SMILES string of the molecule is COc1cc(O)c2c(c1)C(=O)C1=C(C2=O)C(OC(C)=O)C(O)C(C)O1. The number of ketones is 2. The van der Waals surface area contributed by atoms with E-state index in [1.807, 2.05) is 0 Å². The molecule has 1 heterocycles. The Hall–Kier alpha value is -2.87. The van der Waals surface area contributed by atoms with Gasteiger partial charge in [0, 0.05) is 18.6 Å². The van der Waals surface area contributed by atoms with Gasteiger partial charge in [-0.3, -0.25) is 14.4 Å². The number of allylic oxidation sites excluding steroid dienone is 1. The zero-order valence-electron chi connectivity index (χ0n) is 13.7. The minimum atomic E-state index is -1.36. The van der Waals surface area contributed by atoms with Gasteiger partial charge in [0.05, 0.1) is 18.2 Å². The summed E-state index contributed by atoms with van der Waals surface area (Å²) in [5, 5.41) is 20.4. The van der Waals surface area contributed by atoms with Gasteiger partial charge in [0.15, 0.2) is 11.9 Å². The van der Waals surface area contributed by atoms with Crippen LogP contribution >= 0.6 is 0 Å². The second-order valence-electron chi connectivity index (χ2n) is 5.81. The van der Waals surface area contributed by atoms with Gasteiger partial charge in [0.2, 0.25) is 11.6 Å². The van der Waals surface area contributed by atoms with Crippen LogP contribution in [0.5, 0.6) is 11.5 Å². The molecule has 0 saturated carbocycles. The lowest BCUT2D eigenvalue weighted by Crippen LogP contribution is -2.49. The minimum absolute atomic E-state index is 0.0780. The van der Waals surface area contributed by atoms with Crippen molar-refractivity contribution in [2.45, 2.75) is 32.2 Å². The van der Waals surface area contributed by atoms with Crippen molar-refractivity contribution >= 4 is 17.5 Å². The Bertz CT molecular complexity index is 822. The van der Waals surface area contributed by atoms with Crippen LogP contribution < -0.4 is 4.74 Å². The lowest BCUT2D eigenvalue weighted by Gasteiger charge is -2.37. The van der Waals surface area contributed by atoms with Gasteiger partial charge in [-0.2, -0.15) is 0 Å². The Morgan fingerprint density at radius 3 is 2.52 bits per heavy atom. The standard InChI is InChI=1S/C17H16O8/c1-6-13(20)16(25-7(2)18)12-15(22)11-9(14(21)17(12)24-6)4-8(23-3)5-10(11)19/h4-6,13,16,19-20H,1-3H3. The van der Waals surface area contributed by atoms with Crippen LogP contribution in [0.15, 0.2) is 23.5 Å². The number of ether oxygens (including phenoxy) is 3. The molecule has 8 nitrogen and oxygen atoms in total. The number of aromatic hydroxyl groups is 1. The van der Waals surface area contributed by atoms with Crippen molar-refractivity contribution in [3.63, 3.8) is 0 Å². The normalized spacial score (nSPS) is 25.0. The Kier molecular flexibility index (Phi) is 4.00. The highest BCUT2D eigenvalue weighted by atomic mass is 16.6. The largest absolute Gasteiger partial charge is 0.507 e. The second-order valence-corrected chi connectivity index (χ2v) is 5.81. The highest BCUT2D eigenvalue weighted by Crippen LogP contribution is 2.40. The predicted molar refractivity (Wildman–Crippen MR) is 82.5 cm³/mol. The average Bonchev–Trinajstić information content (AvgIpc) is 2.55. The van der Waals surface area contributed by atoms with Crippen LogP contribution in [0, 0.1) is 0 Å². The fourth-order valence-electron chi connectivity index (χ4n) is 2.97. The third-order valence-electron chi connectivity index (χ3n) is 4.17. The van der Waals surface area contributed by atoms with E-state index in [2.05, 4.69) is 0 Å². The molecule has 1 aliphatic carbocycles. The number of hydrogen-bond donors (Lipinski definition) is 2. The summed E-state index contributed by atoms with van der Waals surface area (Å²) in [5.41, 5.74) is -0.600. The molecule has 3 rings (SSSR count). The van der Waals surface area contributed by atoms with Crippen molar-refractivity contribution in [3.05, 3.63) is 34.6 Å². The summed E-state index contributed by atoms with van der Waals surface area (Å²) in [5.74, 6) is -2.68. The van der Waals surface area contributed by atoms with Crippen molar-refractivity contribution < 1.29 is 38.8 Å². The van der Waals surface area contributed by atoms with Crippen LogP contribution in [-0.4, -0.2) is 53.2 Å². The third kappa shape index (κ3) is 2.54. The van der Waals surface area contributed by atoms with Crippen molar-refractivity contribution in [1.82, 2.24) is 0 Å². The van der Waals surface area contributed by atoms with Gasteiger partial charge in [-0.05, 0) is 13.0 Å². The molecule has 2 aliphatic rings. The van der Waals surface area contributed by atoms with Crippen LogP contribution in [0.2, 0.25) is 0 Å². The molecule has 0 radical (unpaired) electrons. The minimum Gasteiger partial charge on any atom is -0.507 e. The zero-order chi connectivity index (χ0) is 18.5. The summed E-state index contributed by atoms with van der Waals surface area (Å²) in [7, 11) is 1.35. The van der Waals surface area contributed by atoms with Crippen LogP contribution in [0.3, 0.4) is 0 Å². The van der Waals surface area contributed by atoms with E-state index in [9.17, 15) is 24.6 Å². The fourth-order valence-corrected chi connectivity index (χ4v) is 2.97. The fraction of sp³-hybridized carbons (Fsp3) is 0.353. The molecule has 132 valence electrons. The number of phenolic OH excluding ortho intramolecular Hbond substituents is 1. The van der Waals surface area contributed by atoms with E-state index >= 15 is 0 Å². The van der Waals surface area contributed by atoms with Crippen LogP contribution in [0.25, 0.3) is 0 Å². The first-order valence-electron chi connectivity index (χ1n) is 7.52. The van der Waals surface area contributed by atoms with Gasteiger partial charge in [-0.1, -0.05) is 0 Å². The monoisotopic (exact) mass is 348 g/mol. The number of methoxy groups -OCH3 is 1. The third-order valence-corrected chi connectivity index (χ3v) is 4.17. The molecule has 1 aliphatic heterocycles. The quantitative estimate of drug-likeness (QED) is 0.751. The molecule has 1 aromatic rings. The maximum absolute atomic E-state index is 12.9. The number of rotatable bonds is 2. The van der Waals surface area contributed by atoms with E-state index in [1.165, 1.54) is 26.2 Å². The van der Waals surface area contributed by atoms with E-state index in [1.54, 1.807) is 0 Å². The molecule has 3 atom stereocenters. The molecule has 0 spiro atoms. The number of hydrogen-bond acceptors (Lipinski definition) is 8. The summed E-state index contributed by atoms with van der Waals surface area (Å²) in [6.45, 7) is 2.61. The van der Waals surface area contributed by atoms with E-state index in [0.29, 0.717) is 0 Å². The van der Waals surface area contributed by atoms with Crippen molar-refractivity contribution in [2.24, 2.45) is 0 Å². The van der Waals surface area contributed by atoms with Crippen molar-refractivity contribution in [1.29, 1.82) is 0 Å². The first kappa shape index (κ1) is 17.0. The molecule has 0 bridgehead atoms. The smallest absolute Gasteiger partial charge is 0.303 e.